The standard InChI is InChI=1S/C10H22N2OS/c1-5-7(2)14-8(3)6-10(4,12)9(11)13/h7-8H,5-6,12H2,1-4H3,(H2,11,13). The average molecular weight is 218 g/mol. The van der Waals surface area contributed by atoms with Crippen LogP contribution in [0.4, 0.5) is 0 Å². The van der Waals surface area contributed by atoms with Gasteiger partial charge in [0, 0.05) is 10.5 Å². The lowest BCUT2D eigenvalue weighted by atomic mass is 9.97. The molecule has 3 unspecified atom stereocenters. The lowest BCUT2D eigenvalue weighted by molar-refractivity contribution is -0.122. The molecule has 0 aliphatic carbocycles. The SMILES string of the molecule is CCC(C)SC(C)CC(C)(N)C(N)=O. The fourth-order valence-corrected chi connectivity index (χ4v) is 2.67. The van der Waals surface area contributed by atoms with Gasteiger partial charge in [-0.3, -0.25) is 4.79 Å². The van der Waals surface area contributed by atoms with Gasteiger partial charge in [0.15, 0.2) is 0 Å². The van der Waals surface area contributed by atoms with E-state index < -0.39 is 11.4 Å². The third-order valence-corrected chi connectivity index (χ3v) is 3.74. The van der Waals surface area contributed by atoms with Crippen LogP contribution in [-0.4, -0.2) is 21.9 Å². The van der Waals surface area contributed by atoms with E-state index in [4.69, 9.17) is 11.5 Å². The molecule has 0 heterocycles. The van der Waals surface area contributed by atoms with Crippen LogP contribution >= 0.6 is 11.8 Å². The number of thioether (sulfide) groups is 1. The molecule has 0 spiro atoms. The first-order valence-electron chi connectivity index (χ1n) is 5.03. The summed E-state index contributed by atoms with van der Waals surface area (Å²) in [4.78, 5) is 11.0. The molecule has 0 aliphatic rings. The summed E-state index contributed by atoms with van der Waals surface area (Å²) in [6, 6.07) is 0. The minimum Gasteiger partial charge on any atom is -0.368 e. The molecule has 0 aromatic carbocycles. The summed E-state index contributed by atoms with van der Waals surface area (Å²) in [5.41, 5.74) is 10.1. The molecule has 0 aliphatic heterocycles. The summed E-state index contributed by atoms with van der Waals surface area (Å²) in [6.45, 7) is 8.12. The Morgan fingerprint density at radius 3 is 2.29 bits per heavy atom. The van der Waals surface area contributed by atoms with E-state index in [9.17, 15) is 4.79 Å². The normalized spacial score (nSPS) is 19.8. The van der Waals surface area contributed by atoms with Crippen LogP contribution < -0.4 is 11.5 Å². The van der Waals surface area contributed by atoms with Gasteiger partial charge < -0.3 is 11.5 Å². The first kappa shape index (κ1) is 13.8. The van der Waals surface area contributed by atoms with Gasteiger partial charge in [0.1, 0.15) is 0 Å². The van der Waals surface area contributed by atoms with E-state index in [0.29, 0.717) is 16.9 Å². The van der Waals surface area contributed by atoms with Crippen LogP contribution in [0.25, 0.3) is 0 Å². The molecule has 84 valence electrons. The minimum absolute atomic E-state index is 0.368. The van der Waals surface area contributed by atoms with Gasteiger partial charge in [-0.25, -0.2) is 0 Å². The van der Waals surface area contributed by atoms with Crippen molar-refractivity contribution in [3.05, 3.63) is 0 Å². The van der Waals surface area contributed by atoms with Crippen molar-refractivity contribution in [1.82, 2.24) is 0 Å². The van der Waals surface area contributed by atoms with Gasteiger partial charge in [-0.1, -0.05) is 20.8 Å². The number of nitrogens with two attached hydrogens (primary N) is 2. The maximum Gasteiger partial charge on any atom is 0.237 e. The highest BCUT2D eigenvalue weighted by atomic mass is 32.2. The van der Waals surface area contributed by atoms with Crippen LogP contribution in [0, 0.1) is 0 Å². The fraction of sp³-hybridized carbons (Fsp3) is 0.900. The highest BCUT2D eigenvalue weighted by molar-refractivity contribution is 8.00. The van der Waals surface area contributed by atoms with Gasteiger partial charge >= 0.3 is 0 Å². The molecule has 4 N–H and O–H groups in total. The van der Waals surface area contributed by atoms with E-state index in [-0.39, 0.29) is 0 Å². The van der Waals surface area contributed by atoms with Crippen molar-refractivity contribution in [2.24, 2.45) is 11.5 Å². The third-order valence-electron chi connectivity index (χ3n) is 2.31. The Bertz CT molecular complexity index is 195. The Labute approximate surface area is 91.0 Å². The zero-order chi connectivity index (χ0) is 11.4. The first-order chi connectivity index (χ1) is 6.29. The molecule has 0 bridgehead atoms. The van der Waals surface area contributed by atoms with Gasteiger partial charge in [-0.2, -0.15) is 11.8 Å². The molecule has 0 rings (SSSR count). The van der Waals surface area contributed by atoms with Crippen molar-refractivity contribution in [3.8, 4) is 0 Å². The number of carbonyl (C=O) groups is 1. The number of hydrogen-bond donors (Lipinski definition) is 2. The Morgan fingerprint density at radius 2 is 1.93 bits per heavy atom. The Kier molecular flexibility index (Phi) is 5.52. The van der Waals surface area contributed by atoms with Crippen molar-refractivity contribution in [2.75, 3.05) is 0 Å². The van der Waals surface area contributed by atoms with Crippen LogP contribution in [0.2, 0.25) is 0 Å². The van der Waals surface area contributed by atoms with Crippen LogP contribution in [-0.2, 0) is 4.79 Å². The molecule has 14 heavy (non-hydrogen) atoms. The number of amides is 1. The molecular formula is C10H22N2OS. The molecule has 0 radical (unpaired) electrons. The first-order valence-corrected chi connectivity index (χ1v) is 5.98. The summed E-state index contributed by atoms with van der Waals surface area (Å²) in [6.07, 6.45) is 1.77. The summed E-state index contributed by atoms with van der Waals surface area (Å²) in [5, 5.41) is 0.973. The average Bonchev–Trinajstić information content (AvgIpc) is 2.02. The molecule has 0 aromatic rings. The van der Waals surface area contributed by atoms with Crippen molar-refractivity contribution in [3.63, 3.8) is 0 Å². The zero-order valence-electron chi connectivity index (χ0n) is 9.54. The summed E-state index contributed by atoms with van der Waals surface area (Å²) < 4.78 is 0. The maximum absolute atomic E-state index is 11.0. The molecule has 1 amide bonds. The molecule has 0 saturated carbocycles. The number of hydrogen-bond acceptors (Lipinski definition) is 3. The second-order valence-corrected chi connectivity index (χ2v) is 6.03. The lowest BCUT2D eigenvalue weighted by Crippen LogP contribution is -2.50. The number of rotatable bonds is 6. The Balaban J connectivity index is 4.05. The van der Waals surface area contributed by atoms with E-state index >= 15 is 0 Å². The molecule has 0 fully saturated rings. The molecule has 3 atom stereocenters. The van der Waals surface area contributed by atoms with Gasteiger partial charge in [0.2, 0.25) is 5.91 Å². The van der Waals surface area contributed by atoms with Crippen molar-refractivity contribution in [2.45, 2.75) is 56.6 Å². The smallest absolute Gasteiger partial charge is 0.237 e. The highest BCUT2D eigenvalue weighted by Crippen LogP contribution is 2.25. The van der Waals surface area contributed by atoms with Crippen LogP contribution in [0.5, 0.6) is 0 Å². The van der Waals surface area contributed by atoms with Gasteiger partial charge in [0.05, 0.1) is 5.54 Å². The lowest BCUT2D eigenvalue weighted by Gasteiger charge is -2.25. The highest BCUT2D eigenvalue weighted by Gasteiger charge is 2.28. The molecule has 4 heteroatoms. The number of carbonyl (C=O) groups excluding carboxylic acids is 1. The second kappa shape index (κ2) is 5.61. The van der Waals surface area contributed by atoms with Gasteiger partial charge in [-0.05, 0) is 19.8 Å². The molecular weight excluding hydrogens is 196 g/mol. The summed E-state index contributed by atoms with van der Waals surface area (Å²) in [5.74, 6) is -0.422. The van der Waals surface area contributed by atoms with Crippen molar-refractivity contribution < 1.29 is 4.79 Å². The Morgan fingerprint density at radius 1 is 1.43 bits per heavy atom. The van der Waals surface area contributed by atoms with Gasteiger partial charge in [0.25, 0.3) is 0 Å². The number of primary amides is 1. The van der Waals surface area contributed by atoms with Crippen LogP contribution in [0.1, 0.15) is 40.5 Å². The van der Waals surface area contributed by atoms with E-state index in [1.807, 2.05) is 11.8 Å². The van der Waals surface area contributed by atoms with Crippen LogP contribution in [0.3, 0.4) is 0 Å². The minimum atomic E-state index is -0.875. The monoisotopic (exact) mass is 218 g/mol. The Hall–Kier alpha value is -0.220. The quantitative estimate of drug-likeness (QED) is 0.710. The summed E-state index contributed by atoms with van der Waals surface area (Å²) >= 11 is 1.86. The maximum atomic E-state index is 11.0. The second-order valence-electron chi connectivity index (χ2n) is 4.15. The molecule has 0 saturated heterocycles. The third kappa shape index (κ3) is 4.86. The summed E-state index contributed by atoms with van der Waals surface area (Å²) in [7, 11) is 0. The topological polar surface area (TPSA) is 69.1 Å². The van der Waals surface area contributed by atoms with Crippen LogP contribution in [0.15, 0.2) is 0 Å². The molecule has 3 nitrogen and oxygen atoms in total. The van der Waals surface area contributed by atoms with Crippen molar-refractivity contribution >= 4 is 17.7 Å². The van der Waals surface area contributed by atoms with E-state index in [1.54, 1.807) is 6.92 Å². The fourth-order valence-electron chi connectivity index (χ4n) is 1.24. The van der Waals surface area contributed by atoms with E-state index in [2.05, 4.69) is 20.8 Å². The predicted molar refractivity (Wildman–Crippen MR) is 63.2 cm³/mol. The van der Waals surface area contributed by atoms with Gasteiger partial charge in [-0.15, -0.1) is 0 Å². The largest absolute Gasteiger partial charge is 0.368 e. The molecule has 0 aromatic heterocycles. The van der Waals surface area contributed by atoms with Crippen molar-refractivity contribution in [1.29, 1.82) is 0 Å². The predicted octanol–water partition coefficient (Wildman–Crippen LogP) is 1.50. The van der Waals surface area contributed by atoms with E-state index in [1.165, 1.54) is 0 Å². The zero-order valence-corrected chi connectivity index (χ0v) is 10.4. The van der Waals surface area contributed by atoms with E-state index in [0.717, 1.165) is 6.42 Å².